The number of likely N-dealkylation sites (N-methyl/N-ethyl adjacent to an activating group) is 1. The lowest BCUT2D eigenvalue weighted by Gasteiger charge is -2.37. The van der Waals surface area contributed by atoms with Gasteiger partial charge in [-0.2, -0.15) is 0 Å². The number of hydrogen-bond donors (Lipinski definition) is 0. The predicted octanol–water partition coefficient (Wildman–Crippen LogP) is 4.28. The lowest BCUT2D eigenvalue weighted by molar-refractivity contribution is -0.159. The molecule has 0 spiro atoms. The Balaban J connectivity index is 2.88. The molecule has 0 N–H and O–H groups in total. The van der Waals surface area contributed by atoms with Crippen LogP contribution in [0.1, 0.15) is 53.0 Å². The van der Waals surface area contributed by atoms with E-state index in [2.05, 4.69) is 50.1 Å². The number of carbonyl (C=O) groups excluding carboxylic acids is 1. The Kier molecular flexibility index (Phi) is 8.60. The fourth-order valence-electron chi connectivity index (χ4n) is 3.19. The Morgan fingerprint density at radius 3 is 2.28 bits per heavy atom. The molecule has 0 amide bonds. The van der Waals surface area contributed by atoms with Gasteiger partial charge in [-0.3, -0.25) is 9.69 Å². The first-order valence-electron chi connectivity index (χ1n) is 9.16. The maximum absolute atomic E-state index is 12.3. The standard InChI is InChI=1S/C21H35NO3/c1-8-16(2)20(22(6)15-17-12-10-9-11-13-17)18(24-7)14-19(23)25-21(3,4)5/h9-13,16,18,20H,8,14-15H2,1-7H3/t16-,18-,20-/m0/s1. The van der Waals surface area contributed by atoms with Crippen molar-refractivity contribution in [3.63, 3.8) is 0 Å². The van der Waals surface area contributed by atoms with Gasteiger partial charge >= 0.3 is 5.97 Å². The van der Waals surface area contributed by atoms with E-state index in [1.54, 1.807) is 7.11 Å². The zero-order valence-corrected chi connectivity index (χ0v) is 16.9. The van der Waals surface area contributed by atoms with Crippen LogP contribution >= 0.6 is 0 Å². The minimum absolute atomic E-state index is 0.141. The normalized spacial score (nSPS) is 15.7. The average molecular weight is 350 g/mol. The SMILES string of the molecule is CC[C@H](C)[C@@H]([C@H](CC(=O)OC(C)(C)C)OC)N(C)Cc1ccccc1. The van der Waals surface area contributed by atoms with Crippen molar-refractivity contribution in [3.05, 3.63) is 35.9 Å². The molecule has 0 heterocycles. The van der Waals surface area contributed by atoms with Crippen LogP contribution in [0.15, 0.2) is 30.3 Å². The van der Waals surface area contributed by atoms with Crippen LogP contribution in [0.5, 0.6) is 0 Å². The van der Waals surface area contributed by atoms with Gasteiger partial charge in [-0.25, -0.2) is 0 Å². The summed E-state index contributed by atoms with van der Waals surface area (Å²) in [5.41, 5.74) is 0.780. The maximum Gasteiger partial charge on any atom is 0.309 e. The molecule has 0 fully saturated rings. The van der Waals surface area contributed by atoms with Crippen LogP contribution in [0.4, 0.5) is 0 Å². The van der Waals surface area contributed by atoms with Crippen molar-refractivity contribution in [3.8, 4) is 0 Å². The molecule has 0 aliphatic heterocycles. The number of ether oxygens (including phenoxy) is 2. The Labute approximate surface area is 153 Å². The van der Waals surface area contributed by atoms with Crippen LogP contribution in [-0.2, 0) is 20.8 Å². The third-order valence-corrected chi connectivity index (χ3v) is 4.48. The highest BCUT2D eigenvalue weighted by Gasteiger charge is 2.32. The summed E-state index contributed by atoms with van der Waals surface area (Å²) in [5, 5.41) is 0. The van der Waals surface area contributed by atoms with Crippen LogP contribution in [0, 0.1) is 5.92 Å². The lowest BCUT2D eigenvalue weighted by Crippen LogP contribution is -2.47. The molecule has 0 radical (unpaired) electrons. The van der Waals surface area contributed by atoms with Gasteiger partial charge in [0.25, 0.3) is 0 Å². The maximum atomic E-state index is 12.3. The first-order valence-corrected chi connectivity index (χ1v) is 9.16. The zero-order valence-electron chi connectivity index (χ0n) is 16.9. The van der Waals surface area contributed by atoms with Crippen molar-refractivity contribution >= 4 is 5.97 Å². The van der Waals surface area contributed by atoms with E-state index in [1.807, 2.05) is 26.8 Å². The summed E-state index contributed by atoms with van der Waals surface area (Å²) in [6, 6.07) is 10.5. The number of nitrogens with zero attached hydrogens (tertiary/aromatic N) is 1. The number of hydrogen-bond acceptors (Lipinski definition) is 4. The molecular formula is C21H35NO3. The van der Waals surface area contributed by atoms with Crippen molar-refractivity contribution in [2.24, 2.45) is 5.92 Å². The molecule has 0 aliphatic carbocycles. The van der Waals surface area contributed by atoms with Gasteiger partial charge in [0.2, 0.25) is 0 Å². The predicted molar refractivity (Wildman–Crippen MR) is 102 cm³/mol. The van der Waals surface area contributed by atoms with Gasteiger partial charge in [0.1, 0.15) is 5.60 Å². The van der Waals surface area contributed by atoms with Gasteiger partial charge < -0.3 is 9.47 Å². The fourth-order valence-corrected chi connectivity index (χ4v) is 3.19. The highest BCUT2D eigenvalue weighted by Crippen LogP contribution is 2.24. The highest BCUT2D eigenvalue weighted by molar-refractivity contribution is 5.70. The first-order chi connectivity index (χ1) is 11.7. The molecule has 0 unspecified atom stereocenters. The third kappa shape index (κ3) is 7.57. The summed E-state index contributed by atoms with van der Waals surface area (Å²) >= 11 is 0. The molecule has 4 heteroatoms. The van der Waals surface area contributed by atoms with Crippen molar-refractivity contribution in [2.75, 3.05) is 14.2 Å². The molecule has 142 valence electrons. The van der Waals surface area contributed by atoms with Crippen LogP contribution in [0.25, 0.3) is 0 Å². The molecule has 1 aromatic carbocycles. The molecule has 25 heavy (non-hydrogen) atoms. The molecular weight excluding hydrogens is 314 g/mol. The first kappa shape index (κ1) is 21.7. The van der Waals surface area contributed by atoms with E-state index < -0.39 is 5.60 Å². The van der Waals surface area contributed by atoms with Crippen molar-refractivity contribution in [1.29, 1.82) is 0 Å². The number of methoxy groups -OCH3 is 1. The Hall–Kier alpha value is -1.39. The van der Waals surface area contributed by atoms with E-state index in [0.29, 0.717) is 5.92 Å². The summed E-state index contributed by atoms with van der Waals surface area (Å²) in [5.74, 6) is 0.196. The van der Waals surface area contributed by atoms with Gasteiger partial charge in [-0.05, 0) is 39.3 Å². The molecule has 3 atom stereocenters. The third-order valence-electron chi connectivity index (χ3n) is 4.48. The van der Waals surface area contributed by atoms with Crippen molar-refractivity contribution in [2.45, 2.75) is 71.8 Å². The van der Waals surface area contributed by atoms with Crippen LogP contribution in [0.3, 0.4) is 0 Å². The summed E-state index contributed by atoms with van der Waals surface area (Å²) in [7, 11) is 3.78. The van der Waals surface area contributed by atoms with E-state index in [-0.39, 0.29) is 24.5 Å². The summed E-state index contributed by atoms with van der Waals surface area (Å²) in [6.45, 7) is 10.9. The van der Waals surface area contributed by atoms with Crippen LogP contribution in [0.2, 0.25) is 0 Å². The van der Waals surface area contributed by atoms with Gasteiger partial charge in [0.15, 0.2) is 0 Å². The Bertz CT molecular complexity index is 510. The van der Waals surface area contributed by atoms with E-state index in [4.69, 9.17) is 9.47 Å². The molecule has 1 rings (SSSR count). The topological polar surface area (TPSA) is 38.8 Å². The zero-order chi connectivity index (χ0) is 19.0. The smallest absolute Gasteiger partial charge is 0.309 e. The van der Waals surface area contributed by atoms with Crippen LogP contribution < -0.4 is 0 Å². The quantitative estimate of drug-likeness (QED) is 0.624. The molecule has 0 bridgehead atoms. The van der Waals surface area contributed by atoms with Crippen LogP contribution in [-0.4, -0.2) is 42.8 Å². The number of rotatable bonds is 9. The lowest BCUT2D eigenvalue weighted by atomic mass is 9.91. The Morgan fingerprint density at radius 2 is 1.80 bits per heavy atom. The molecule has 0 saturated carbocycles. The fraction of sp³-hybridized carbons (Fsp3) is 0.667. The van der Waals surface area contributed by atoms with E-state index in [9.17, 15) is 4.79 Å². The van der Waals surface area contributed by atoms with Gasteiger partial charge in [-0.15, -0.1) is 0 Å². The minimum atomic E-state index is -0.475. The second-order valence-corrected chi connectivity index (χ2v) is 7.84. The van der Waals surface area contributed by atoms with E-state index in [1.165, 1.54) is 5.56 Å². The summed E-state index contributed by atoms with van der Waals surface area (Å²) < 4.78 is 11.2. The molecule has 0 aromatic heterocycles. The summed E-state index contributed by atoms with van der Waals surface area (Å²) in [6.07, 6.45) is 1.10. The average Bonchev–Trinajstić information content (AvgIpc) is 2.53. The number of esters is 1. The van der Waals surface area contributed by atoms with Gasteiger partial charge in [0, 0.05) is 19.7 Å². The number of benzene rings is 1. The van der Waals surface area contributed by atoms with E-state index >= 15 is 0 Å². The number of carbonyl (C=O) groups is 1. The second kappa shape index (κ2) is 9.93. The monoisotopic (exact) mass is 349 g/mol. The molecule has 1 aromatic rings. The molecule has 0 aliphatic rings. The Morgan fingerprint density at radius 1 is 1.20 bits per heavy atom. The van der Waals surface area contributed by atoms with Gasteiger partial charge in [0.05, 0.1) is 12.5 Å². The van der Waals surface area contributed by atoms with Gasteiger partial charge in [-0.1, -0.05) is 50.6 Å². The largest absolute Gasteiger partial charge is 0.460 e. The molecule has 0 saturated heterocycles. The minimum Gasteiger partial charge on any atom is -0.460 e. The van der Waals surface area contributed by atoms with Crippen molar-refractivity contribution in [1.82, 2.24) is 4.90 Å². The van der Waals surface area contributed by atoms with Crippen molar-refractivity contribution < 1.29 is 14.3 Å². The highest BCUT2D eigenvalue weighted by atomic mass is 16.6. The second-order valence-electron chi connectivity index (χ2n) is 7.84. The van der Waals surface area contributed by atoms with E-state index in [0.717, 1.165) is 13.0 Å². The molecule has 4 nitrogen and oxygen atoms in total. The summed E-state index contributed by atoms with van der Waals surface area (Å²) in [4.78, 5) is 14.6.